The van der Waals surface area contributed by atoms with Crippen LogP contribution in [0.25, 0.3) is 0 Å². The van der Waals surface area contributed by atoms with Gasteiger partial charge in [0.05, 0.1) is 13.0 Å². The van der Waals surface area contributed by atoms with Crippen molar-refractivity contribution in [1.29, 1.82) is 0 Å². The van der Waals surface area contributed by atoms with Gasteiger partial charge in [0, 0.05) is 26.1 Å². The maximum absolute atomic E-state index is 12.6. The molecule has 20 heavy (non-hydrogen) atoms. The number of alkyl halides is 3. The molecule has 1 atom stereocenters. The number of esters is 1. The average molecular weight is 291 g/mol. The van der Waals surface area contributed by atoms with Crippen molar-refractivity contribution in [3.8, 4) is 0 Å². The molecule has 0 aromatic carbocycles. The summed E-state index contributed by atoms with van der Waals surface area (Å²) in [6.45, 7) is -0.0116. The monoisotopic (exact) mass is 291 g/mol. The number of halogens is 3. The first-order valence-electron chi connectivity index (χ1n) is 5.73. The number of hydrogen-bond acceptors (Lipinski definition) is 4. The number of nitrogens with zero attached hydrogens (tertiary/aromatic N) is 3. The second-order valence-electron chi connectivity index (χ2n) is 4.44. The molecule has 0 saturated carbocycles. The van der Waals surface area contributed by atoms with Crippen LogP contribution in [0.5, 0.6) is 0 Å². The van der Waals surface area contributed by atoms with Crippen LogP contribution in [-0.2, 0) is 27.5 Å². The van der Waals surface area contributed by atoms with Crippen LogP contribution in [0.2, 0.25) is 0 Å². The summed E-state index contributed by atoms with van der Waals surface area (Å²) in [4.78, 5) is 24.3. The largest absolute Gasteiger partial charge is 0.469 e. The fourth-order valence-electron chi connectivity index (χ4n) is 2.10. The van der Waals surface area contributed by atoms with Gasteiger partial charge in [0.25, 0.3) is 0 Å². The van der Waals surface area contributed by atoms with Crippen LogP contribution in [0.3, 0.4) is 0 Å². The number of hydrogen-bond donors (Lipinski definition) is 0. The third-order valence-corrected chi connectivity index (χ3v) is 3.08. The summed E-state index contributed by atoms with van der Waals surface area (Å²) >= 11 is 0. The number of methoxy groups -OCH3 is 1. The van der Waals surface area contributed by atoms with Gasteiger partial charge in [-0.1, -0.05) is 0 Å². The van der Waals surface area contributed by atoms with Gasteiger partial charge >= 0.3 is 12.1 Å². The zero-order valence-corrected chi connectivity index (χ0v) is 10.8. The van der Waals surface area contributed by atoms with Crippen molar-refractivity contribution in [3.05, 3.63) is 11.8 Å². The molecule has 0 spiro atoms. The van der Waals surface area contributed by atoms with Gasteiger partial charge in [0.15, 0.2) is 5.69 Å². The summed E-state index contributed by atoms with van der Waals surface area (Å²) in [5.74, 6) is -1.65. The first kappa shape index (κ1) is 14.4. The van der Waals surface area contributed by atoms with Crippen LogP contribution in [0.1, 0.15) is 12.1 Å². The number of aromatic nitrogens is 2. The van der Waals surface area contributed by atoms with E-state index >= 15 is 0 Å². The number of rotatable bonds is 2. The summed E-state index contributed by atoms with van der Waals surface area (Å²) in [5, 5.41) is 3.33. The van der Waals surface area contributed by atoms with E-state index in [4.69, 9.17) is 0 Å². The van der Waals surface area contributed by atoms with E-state index in [-0.39, 0.29) is 18.8 Å². The Morgan fingerprint density at radius 3 is 2.65 bits per heavy atom. The quantitative estimate of drug-likeness (QED) is 0.761. The van der Waals surface area contributed by atoms with Crippen molar-refractivity contribution < 1.29 is 27.5 Å². The van der Waals surface area contributed by atoms with E-state index in [0.29, 0.717) is 0 Å². The lowest BCUT2D eigenvalue weighted by Crippen LogP contribution is -2.28. The van der Waals surface area contributed by atoms with Crippen molar-refractivity contribution in [2.24, 2.45) is 13.0 Å². The zero-order chi connectivity index (χ0) is 15.1. The highest BCUT2D eigenvalue weighted by atomic mass is 19.4. The highest BCUT2D eigenvalue weighted by Crippen LogP contribution is 2.32. The topological polar surface area (TPSA) is 64.4 Å². The molecule has 1 fully saturated rings. The molecule has 1 amide bonds. The molecule has 9 heteroatoms. The molecule has 0 N–H and O–H groups in total. The number of ether oxygens (including phenoxy) is 1. The Labute approximate surface area is 112 Å². The molecule has 0 bridgehead atoms. The van der Waals surface area contributed by atoms with Gasteiger partial charge in [-0.3, -0.25) is 19.2 Å². The maximum Gasteiger partial charge on any atom is 0.435 e. The number of aryl methyl sites for hydroxylation is 1. The van der Waals surface area contributed by atoms with Gasteiger partial charge in [0.2, 0.25) is 5.91 Å². The number of carbonyl (C=O) groups is 2. The van der Waals surface area contributed by atoms with Crippen LogP contribution >= 0.6 is 0 Å². The van der Waals surface area contributed by atoms with E-state index in [2.05, 4.69) is 9.84 Å². The van der Waals surface area contributed by atoms with Gasteiger partial charge in [-0.2, -0.15) is 18.3 Å². The Balaban J connectivity index is 2.27. The van der Waals surface area contributed by atoms with Crippen molar-refractivity contribution in [3.63, 3.8) is 0 Å². The minimum absolute atomic E-state index is 0.00808. The molecular weight excluding hydrogens is 279 g/mol. The second-order valence-corrected chi connectivity index (χ2v) is 4.44. The van der Waals surface area contributed by atoms with Gasteiger partial charge in [0.1, 0.15) is 5.82 Å². The number of anilines is 1. The molecule has 0 radical (unpaired) electrons. The Bertz CT molecular complexity index is 553. The lowest BCUT2D eigenvalue weighted by atomic mass is 10.1. The van der Waals surface area contributed by atoms with E-state index in [1.807, 2.05) is 0 Å². The predicted octanol–water partition coefficient (Wildman–Crippen LogP) is 0.965. The van der Waals surface area contributed by atoms with E-state index in [0.717, 1.165) is 15.6 Å². The molecule has 1 aromatic rings. The molecule has 2 rings (SSSR count). The standard InChI is InChI=1S/C11H12F3N3O3/c1-16-8(4-7(15-16)11(12,13)14)17-5-6(3-9(17)18)10(19)20-2/h4,6H,3,5H2,1-2H3. The highest BCUT2D eigenvalue weighted by Gasteiger charge is 2.40. The van der Waals surface area contributed by atoms with Crippen LogP contribution in [0, 0.1) is 5.92 Å². The Kier molecular flexibility index (Phi) is 3.45. The molecule has 0 aliphatic carbocycles. The molecule has 110 valence electrons. The Morgan fingerprint density at radius 2 is 2.15 bits per heavy atom. The molecule has 2 heterocycles. The van der Waals surface area contributed by atoms with Gasteiger partial charge in [-0.15, -0.1) is 0 Å². The van der Waals surface area contributed by atoms with E-state index in [1.165, 1.54) is 14.2 Å². The van der Waals surface area contributed by atoms with E-state index in [1.54, 1.807) is 0 Å². The Morgan fingerprint density at radius 1 is 1.50 bits per heavy atom. The summed E-state index contributed by atoms with van der Waals surface area (Å²) in [7, 11) is 2.50. The smallest absolute Gasteiger partial charge is 0.435 e. The fourth-order valence-corrected chi connectivity index (χ4v) is 2.10. The summed E-state index contributed by atoms with van der Waals surface area (Å²) in [6, 6.07) is 0.789. The summed E-state index contributed by atoms with van der Waals surface area (Å²) in [6.07, 6.45) is -4.67. The first-order chi connectivity index (χ1) is 9.24. The lowest BCUT2D eigenvalue weighted by Gasteiger charge is -2.15. The third-order valence-electron chi connectivity index (χ3n) is 3.08. The van der Waals surface area contributed by atoms with Crippen molar-refractivity contribution >= 4 is 17.7 Å². The number of carbonyl (C=O) groups excluding carboxylic acids is 2. The molecule has 1 aliphatic heterocycles. The fraction of sp³-hybridized carbons (Fsp3) is 0.545. The molecule has 6 nitrogen and oxygen atoms in total. The average Bonchev–Trinajstić information content (AvgIpc) is 2.91. The molecule has 1 aliphatic rings. The van der Waals surface area contributed by atoms with Crippen LogP contribution < -0.4 is 4.90 Å². The minimum atomic E-state index is -4.58. The maximum atomic E-state index is 12.6. The Hall–Kier alpha value is -2.06. The second kappa shape index (κ2) is 4.80. The molecule has 1 unspecified atom stereocenters. The van der Waals surface area contributed by atoms with Crippen LogP contribution in [-0.4, -0.2) is 35.3 Å². The zero-order valence-electron chi connectivity index (χ0n) is 10.8. The van der Waals surface area contributed by atoms with E-state index in [9.17, 15) is 22.8 Å². The number of amides is 1. The van der Waals surface area contributed by atoms with Crippen molar-refractivity contribution in [2.75, 3.05) is 18.6 Å². The predicted molar refractivity (Wildman–Crippen MR) is 60.7 cm³/mol. The summed E-state index contributed by atoms with van der Waals surface area (Å²) < 4.78 is 43.2. The third kappa shape index (κ3) is 2.47. The van der Waals surface area contributed by atoms with Crippen molar-refractivity contribution in [2.45, 2.75) is 12.6 Å². The lowest BCUT2D eigenvalue weighted by molar-refractivity contribution is -0.145. The molecule has 1 saturated heterocycles. The molecule has 1 aromatic heterocycles. The molecular formula is C11H12F3N3O3. The highest BCUT2D eigenvalue weighted by molar-refractivity contribution is 5.98. The van der Waals surface area contributed by atoms with Crippen LogP contribution in [0.4, 0.5) is 19.0 Å². The van der Waals surface area contributed by atoms with Gasteiger partial charge < -0.3 is 4.74 Å². The van der Waals surface area contributed by atoms with Crippen molar-refractivity contribution in [1.82, 2.24) is 9.78 Å². The van der Waals surface area contributed by atoms with Crippen LogP contribution in [0.15, 0.2) is 6.07 Å². The summed E-state index contributed by atoms with van der Waals surface area (Å²) in [5.41, 5.74) is -1.08. The van der Waals surface area contributed by atoms with E-state index < -0.39 is 29.7 Å². The first-order valence-corrected chi connectivity index (χ1v) is 5.73. The minimum Gasteiger partial charge on any atom is -0.469 e. The van der Waals surface area contributed by atoms with Gasteiger partial charge in [-0.05, 0) is 0 Å². The van der Waals surface area contributed by atoms with Gasteiger partial charge in [-0.25, -0.2) is 0 Å². The SMILES string of the molecule is COC(=O)C1CC(=O)N(c2cc(C(F)(F)F)nn2C)C1. The normalized spacial score (nSPS) is 19.6.